The van der Waals surface area contributed by atoms with E-state index >= 15 is 0 Å². The predicted octanol–water partition coefficient (Wildman–Crippen LogP) is 2.43. The zero-order valence-electron chi connectivity index (χ0n) is 11.9. The van der Waals surface area contributed by atoms with Crippen LogP contribution in [0.2, 0.25) is 0 Å². The highest BCUT2D eigenvalue weighted by molar-refractivity contribution is 5.46. The van der Waals surface area contributed by atoms with E-state index in [1.54, 1.807) is 0 Å². The van der Waals surface area contributed by atoms with E-state index in [-0.39, 0.29) is 0 Å². The van der Waals surface area contributed by atoms with Gasteiger partial charge < -0.3 is 9.64 Å². The second kappa shape index (κ2) is 6.03. The van der Waals surface area contributed by atoms with Gasteiger partial charge in [-0.05, 0) is 46.7 Å². The van der Waals surface area contributed by atoms with Crippen molar-refractivity contribution in [1.29, 1.82) is 5.26 Å². The summed E-state index contributed by atoms with van der Waals surface area (Å²) in [6.07, 6.45) is 3.54. The van der Waals surface area contributed by atoms with Crippen molar-refractivity contribution in [2.24, 2.45) is 0 Å². The summed E-state index contributed by atoms with van der Waals surface area (Å²) in [5, 5.41) is 9.16. The van der Waals surface area contributed by atoms with Crippen LogP contribution in [-0.4, -0.2) is 36.1 Å². The summed E-state index contributed by atoms with van der Waals surface area (Å²) in [4.78, 5) is 6.68. The third-order valence-corrected chi connectivity index (χ3v) is 3.78. The van der Waals surface area contributed by atoms with Crippen LogP contribution in [0.5, 0.6) is 5.75 Å². The number of rotatable bonds is 4. The summed E-state index contributed by atoms with van der Waals surface area (Å²) in [5.74, 6) is 0.674. The van der Waals surface area contributed by atoms with Gasteiger partial charge in [-0.3, -0.25) is 4.98 Å². The number of hydrogen-bond donors (Lipinski definition) is 0. The first-order chi connectivity index (χ1) is 9.11. The average molecular weight is 259 g/mol. The van der Waals surface area contributed by atoms with Crippen molar-refractivity contribution < 1.29 is 4.74 Å². The van der Waals surface area contributed by atoms with Gasteiger partial charge in [0.25, 0.3) is 0 Å². The molecule has 19 heavy (non-hydrogen) atoms. The molecule has 1 saturated heterocycles. The third-order valence-electron chi connectivity index (χ3n) is 3.78. The zero-order valence-corrected chi connectivity index (χ0v) is 11.9. The number of likely N-dealkylation sites (tertiary alicyclic amines) is 1. The first-order valence-electron chi connectivity index (χ1n) is 6.83. The Morgan fingerprint density at radius 1 is 1.53 bits per heavy atom. The molecule has 0 N–H and O–H groups in total. The normalized spacial score (nSPS) is 19.4. The van der Waals surface area contributed by atoms with Crippen LogP contribution in [0.15, 0.2) is 6.07 Å². The van der Waals surface area contributed by atoms with Crippen LogP contribution in [0.4, 0.5) is 0 Å². The molecule has 4 heteroatoms. The molecule has 102 valence electrons. The van der Waals surface area contributed by atoms with Gasteiger partial charge in [0.05, 0.1) is 12.3 Å². The topological polar surface area (TPSA) is 49.1 Å². The smallest absolute Gasteiger partial charge is 0.140 e. The van der Waals surface area contributed by atoms with Gasteiger partial charge in [0.15, 0.2) is 0 Å². The van der Waals surface area contributed by atoms with E-state index in [1.807, 2.05) is 19.9 Å². The Bertz CT molecular complexity index is 493. The standard InChI is InChI=1S/C15H21N3O/c1-11-9-15(14(10-16)12(2)17-11)19-8-6-13-5-4-7-18(13)3/h9,13H,4-8H2,1-3H3. The number of ether oxygens (including phenoxy) is 1. The fraction of sp³-hybridized carbons (Fsp3) is 0.600. The van der Waals surface area contributed by atoms with Crippen molar-refractivity contribution >= 4 is 0 Å². The number of nitriles is 1. The summed E-state index contributed by atoms with van der Waals surface area (Å²) in [6.45, 7) is 5.61. The Kier molecular flexibility index (Phi) is 4.39. The van der Waals surface area contributed by atoms with E-state index in [1.165, 1.54) is 19.4 Å². The highest BCUT2D eigenvalue weighted by atomic mass is 16.5. The van der Waals surface area contributed by atoms with Gasteiger partial charge in [-0.2, -0.15) is 5.26 Å². The molecule has 1 aliphatic heterocycles. The number of hydrogen-bond acceptors (Lipinski definition) is 4. The quantitative estimate of drug-likeness (QED) is 0.833. The molecule has 0 spiro atoms. The summed E-state index contributed by atoms with van der Waals surface area (Å²) in [7, 11) is 2.17. The Morgan fingerprint density at radius 2 is 2.32 bits per heavy atom. The molecule has 0 bridgehead atoms. The van der Waals surface area contributed by atoms with Gasteiger partial charge in [0.1, 0.15) is 17.4 Å². The van der Waals surface area contributed by atoms with E-state index in [9.17, 15) is 0 Å². The second-order valence-electron chi connectivity index (χ2n) is 5.25. The van der Waals surface area contributed by atoms with Gasteiger partial charge in [-0.25, -0.2) is 0 Å². The van der Waals surface area contributed by atoms with Gasteiger partial charge in [-0.1, -0.05) is 0 Å². The summed E-state index contributed by atoms with van der Waals surface area (Å²) in [6, 6.07) is 4.65. The van der Waals surface area contributed by atoms with E-state index in [4.69, 9.17) is 10.00 Å². The number of aromatic nitrogens is 1. The molecule has 0 aromatic carbocycles. The molecule has 1 unspecified atom stereocenters. The van der Waals surface area contributed by atoms with Crippen molar-refractivity contribution in [3.8, 4) is 11.8 Å². The first-order valence-corrected chi connectivity index (χ1v) is 6.83. The lowest BCUT2D eigenvalue weighted by molar-refractivity contribution is 0.232. The SMILES string of the molecule is Cc1cc(OCCC2CCCN2C)c(C#N)c(C)n1. The van der Waals surface area contributed by atoms with Crippen molar-refractivity contribution in [3.05, 3.63) is 23.0 Å². The van der Waals surface area contributed by atoms with Crippen molar-refractivity contribution in [3.63, 3.8) is 0 Å². The highest BCUT2D eigenvalue weighted by Gasteiger charge is 2.20. The molecule has 0 saturated carbocycles. The predicted molar refractivity (Wildman–Crippen MR) is 74.2 cm³/mol. The van der Waals surface area contributed by atoms with Crippen LogP contribution >= 0.6 is 0 Å². The fourth-order valence-electron chi connectivity index (χ4n) is 2.69. The van der Waals surface area contributed by atoms with Crippen molar-refractivity contribution in [2.45, 2.75) is 39.2 Å². The van der Waals surface area contributed by atoms with Crippen LogP contribution < -0.4 is 4.74 Å². The minimum absolute atomic E-state index is 0.561. The summed E-state index contributed by atoms with van der Waals surface area (Å²) in [5.41, 5.74) is 2.20. The van der Waals surface area contributed by atoms with E-state index in [0.717, 1.165) is 17.8 Å². The molecule has 1 aromatic rings. The lowest BCUT2D eigenvalue weighted by atomic mass is 10.1. The monoisotopic (exact) mass is 259 g/mol. The minimum Gasteiger partial charge on any atom is -0.492 e. The van der Waals surface area contributed by atoms with Gasteiger partial charge >= 0.3 is 0 Å². The Morgan fingerprint density at radius 3 is 2.95 bits per heavy atom. The minimum atomic E-state index is 0.561. The van der Waals surface area contributed by atoms with Crippen LogP contribution in [0.3, 0.4) is 0 Å². The van der Waals surface area contributed by atoms with E-state index < -0.39 is 0 Å². The fourth-order valence-corrected chi connectivity index (χ4v) is 2.69. The number of nitrogens with zero attached hydrogens (tertiary/aromatic N) is 3. The molecule has 2 rings (SSSR count). The largest absolute Gasteiger partial charge is 0.492 e. The van der Waals surface area contributed by atoms with Crippen molar-refractivity contribution in [2.75, 3.05) is 20.2 Å². The zero-order chi connectivity index (χ0) is 13.8. The maximum atomic E-state index is 9.16. The van der Waals surface area contributed by atoms with Crippen LogP contribution in [0.25, 0.3) is 0 Å². The van der Waals surface area contributed by atoms with Crippen LogP contribution in [0, 0.1) is 25.2 Å². The molecular formula is C15H21N3O. The first kappa shape index (κ1) is 13.8. The van der Waals surface area contributed by atoms with Gasteiger partial charge in [0.2, 0.25) is 0 Å². The highest BCUT2D eigenvalue weighted by Crippen LogP contribution is 2.23. The Balaban J connectivity index is 1.98. The molecule has 2 heterocycles. The Hall–Kier alpha value is -1.60. The summed E-state index contributed by atoms with van der Waals surface area (Å²) < 4.78 is 5.81. The van der Waals surface area contributed by atoms with E-state index in [2.05, 4.69) is 23.0 Å². The second-order valence-corrected chi connectivity index (χ2v) is 5.25. The molecule has 1 atom stereocenters. The molecule has 1 aliphatic rings. The molecule has 4 nitrogen and oxygen atoms in total. The molecule has 0 aliphatic carbocycles. The lowest BCUT2D eigenvalue weighted by Gasteiger charge is -2.19. The maximum absolute atomic E-state index is 9.16. The molecule has 0 radical (unpaired) electrons. The van der Waals surface area contributed by atoms with Crippen molar-refractivity contribution in [1.82, 2.24) is 9.88 Å². The van der Waals surface area contributed by atoms with Gasteiger partial charge in [-0.15, -0.1) is 0 Å². The summed E-state index contributed by atoms with van der Waals surface area (Å²) >= 11 is 0. The molecule has 1 aromatic heterocycles. The molecule has 0 amide bonds. The van der Waals surface area contributed by atoms with E-state index in [0.29, 0.717) is 24.0 Å². The van der Waals surface area contributed by atoms with Crippen LogP contribution in [-0.2, 0) is 0 Å². The molecular weight excluding hydrogens is 238 g/mol. The third kappa shape index (κ3) is 3.24. The number of pyridine rings is 1. The lowest BCUT2D eigenvalue weighted by Crippen LogP contribution is -2.26. The average Bonchev–Trinajstić information content (AvgIpc) is 2.75. The van der Waals surface area contributed by atoms with Crippen LogP contribution in [0.1, 0.15) is 36.2 Å². The maximum Gasteiger partial charge on any atom is 0.140 e. The van der Waals surface area contributed by atoms with Gasteiger partial charge in [0, 0.05) is 17.8 Å². The number of aryl methyl sites for hydroxylation is 2. The molecule has 1 fully saturated rings. The Labute approximate surface area is 115 Å².